The van der Waals surface area contributed by atoms with Crippen molar-refractivity contribution in [3.05, 3.63) is 120 Å². The summed E-state index contributed by atoms with van der Waals surface area (Å²) in [7, 11) is 0. The number of piperidine rings is 1. The minimum absolute atomic E-state index is 0.0477. The lowest BCUT2D eigenvalue weighted by atomic mass is 9.75. The molecule has 2 aliphatic rings. The number of carbonyl (C=O) groups excluding carboxylic acids is 2. The van der Waals surface area contributed by atoms with Crippen molar-refractivity contribution in [3.63, 3.8) is 0 Å². The molecule has 0 radical (unpaired) electrons. The third-order valence-corrected chi connectivity index (χ3v) is 9.13. The van der Waals surface area contributed by atoms with Crippen molar-refractivity contribution in [2.75, 3.05) is 44.2 Å². The third kappa shape index (κ3) is 7.18. The Balaban J connectivity index is 1.28. The van der Waals surface area contributed by atoms with Crippen LogP contribution in [0.25, 0.3) is 0 Å². The maximum Gasteiger partial charge on any atom is 0.272 e. The topological polar surface area (TPSA) is 103 Å². The van der Waals surface area contributed by atoms with Gasteiger partial charge in [-0.2, -0.15) is 5.26 Å². The number of amides is 2. The fourth-order valence-corrected chi connectivity index (χ4v) is 6.40. The van der Waals surface area contributed by atoms with Crippen LogP contribution in [0, 0.1) is 16.7 Å². The number of likely N-dealkylation sites (tertiary alicyclic amines) is 1. The number of ether oxygens (including phenoxy) is 1. The van der Waals surface area contributed by atoms with Gasteiger partial charge in [-0.1, -0.05) is 48.5 Å². The van der Waals surface area contributed by atoms with Gasteiger partial charge in [0.1, 0.15) is 23.3 Å². The van der Waals surface area contributed by atoms with Crippen LogP contribution in [0.15, 0.2) is 97.3 Å². The summed E-state index contributed by atoms with van der Waals surface area (Å²) in [6.07, 6.45) is 6.61. The highest BCUT2D eigenvalue weighted by Crippen LogP contribution is 2.38. The van der Waals surface area contributed by atoms with E-state index in [4.69, 9.17) is 4.74 Å². The highest BCUT2D eigenvalue weighted by atomic mass is 16.5. The van der Waals surface area contributed by atoms with Crippen molar-refractivity contribution in [1.29, 1.82) is 5.26 Å². The monoisotopic (exact) mass is 614 g/mol. The van der Waals surface area contributed by atoms with Gasteiger partial charge in [0.15, 0.2) is 0 Å². The molecule has 1 spiro atoms. The molecule has 0 N–H and O–H groups in total. The Labute approximate surface area is 270 Å². The minimum atomic E-state index is -0.168. The van der Waals surface area contributed by atoms with E-state index >= 15 is 0 Å². The molecule has 2 aromatic carbocycles. The van der Waals surface area contributed by atoms with Crippen LogP contribution >= 0.6 is 0 Å². The number of benzene rings is 2. The van der Waals surface area contributed by atoms with Crippen molar-refractivity contribution in [3.8, 4) is 11.8 Å². The first kappa shape index (κ1) is 30.8. The quantitative estimate of drug-likeness (QED) is 0.295. The smallest absolute Gasteiger partial charge is 0.272 e. The van der Waals surface area contributed by atoms with E-state index in [0.29, 0.717) is 61.9 Å². The number of anilines is 1. The number of hydrogen-bond acceptors (Lipinski definition) is 7. The van der Waals surface area contributed by atoms with Crippen molar-refractivity contribution in [2.24, 2.45) is 5.41 Å². The number of hydrogen-bond donors (Lipinski definition) is 0. The molecule has 46 heavy (non-hydrogen) atoms. The van der Waals surface area contributed by atoms with E-state index in [1.165, 1.54) is 0 Å². The van der Waals surface area contributed by atoms with E-state index in [1.807, 2.05) is 82.6 Å². The van der Waals surface area contributed by atoms with E-state index in [0.717, 1.165) is 43.6 Å². The van der Waals surface area contributed by atoms with Gasteiger partial charge < -0.3 is 19.4 Å². The fraction of sp³-hybridized carbons (Fsp3) is 0.324. The molecule has 9 nitrogen and oxygen atoms in total. The lowest BCUT2D eigenvalue weighted by Gasteiger charge is -2.42. The number of carbonyl (C=O) groups is 2. The first-order valence-electron chi connectivity index (χ1n) is 15.9. The molecule has 9 heteroatoms. The van der Waals surface area contributed by atoms with Crippen LogP contribution in [-0.2, 0) is 6.54 Å². The van der Waals surface area contributed by atoms with Crippen molar-refractivity contribution >= 4 is 17.6 Å². The Hall–Kier alpha value is -5.23. The van der Waals surface area contributed by atoms with Crippen LogP contribution in [0.3, 0.4) is 0 Å². The standard InChI is InChI=1S/C37H38N6O3/c38-25-30-14-15-34(40-26-30)41-20-8-16-37(17-21-42(22-18-37)36(45)32-12-6-7-19-39-32)28-46-33-13-5-4-11-31(33)35(44)43(24-23-41)27-29-9-2-1-3-10-29/h1-7,9-15,19,26H,8,16-18,20-24,27-28H2. The number of fused-ring (bicyclic) bond motifs is 1. The van der Waals surface area contributed by atoms with Gasteiger partial charge in [-0.15, -0.1) is 0 Å². The zero-order chi connectivity index (χ0) is 31.8. The lowest BCUT2D eigenvalue weighted by molar-refractivity contribution is 0.0360. The SMILES string of the molecule is N#Cc1ccc(N2CCCC3(CCN(C(=O)c4ccccn4)CC3)COc3ccccc3C(=O)N(Cc3ccccc3)CC2)nc1. The molecule has 0 atom stereocenters. The third-order valence-electron chi connectivity index (χ3n) is 9.13. The van der Waals surface area contributed by atoms with E-state index in [2.05, 4.69) is 20.9 Å². The second-order valence-corrected chi connectivity index (χ2v) is 12.1. The molecular formula is C37H38N6O3. The first-order valence-corrected chi connectivity index (χ1v) is 15.9. The molecule has 6 rings (SSSR count). The Morgan fingerprint density at radius 2 is 1.63 bits per heavy atom. The van der Waals surface area contributed by atoms with E-state index < -0.39 is 0 Å². The van der Waals surface area contributed by atoms with Gasteiger partial charge in [-0.25, -0.2) is 4.98 Å². The summed E-state index contributed by atoms with van der Waals surface area (Å²) in [5.41, 5.74) is 2.39. The van der Waals surface area contributed by atoms with Crippen molar-refractivity contribution < 1.29 is 14.3 Å². The second kappa shape index (κ2) is 14.2. The Kier molecular flexibility index (Phi) is 9.54. The van der Waals surface area contributed by atoms with Crippen LogP contribution in [0.1, 0.15) is 57.7 Å². The average Bonchev–Trinajstić information content (AvgIpc) is 3.13. The van der Waals surface area contributed by atoms with Gasteiger partial charge in [0.2, 0.25) is 0 Å². The van der Waals surface area contributed by atoms with Crippen molar-refractivity contribution in [2.45, 2.75) is 32.2 Å². The molecule has 2 aromatic heterocycles. The lowest BCUT2D eigenvalue weighted by Crippen LogP contribution is -2.46. The fourth-order valence-electron chi connectivity index (χ4n) is 6.40. The summed E-state index contributed by atoms with van der Waals surface area (Å²) in [4.78, 5) is 42.3. The summed E-state index contributed by atoms with van der Waals surface area (Å²) < 4.78 is 6.56. The number of pyridine rings is 2. The number of nitriles is 1. The number of rotatable bonds is 4. The normalized spacial score (nSPS) is 17.1. The molecule has 0 unspecified atom stereocenters. The Bertz CT molecular complexity index is 1670. The average molecular weight is 615 g/mol. The van der Waals surface area contributed by atoms with Gasteiger partial charge in [-0.05, 0) is 67.6 Å². The Morgan fingerprint density at radius 3 is 2.37 bits per heavy atom. The molecule has 234 valence electrons. The molecule has 1 fully saturated rings. The largest absolute Gasteiger partial charge is 0.492 e. The molecule has 4 aromatic rings. The zero-order valence-corrected chi connectivity index (χ0v) is 25.9. The molecule has 0 saturated carbocycles. The van der Waals surface area contributed by atoms with Gasteiger partial charge in [-0.3, -0.25) is 14.6 Å². The van der Waals surface area contributed by atoms with Gasteiger partial charge in [0, 0.05) is 57.1 Å². The Morgan fingerprint density at radius 1 is 0.848 bits per heavy atom. The summed E-state index contributed by atoms with van der Waals surface area (Å²) in [6, 6.07) is 28.8. The minimum Gasteiger partial charge on any atom is -0.492 e. The van der Waals surface area contributed by atoms with Crippen LogP contribution in [0.5, 0.6) is 5.75 Å². The van der Waals surface area contributed by atoms with E-state index in [9.17, 15) is 14.9 Å². The predicted octanol–water partition coefficient (Wildman–Crippen LogP) is 5.59. The molecule has 0 aliphatic carbocycles. The summed E-state index contributed by atoms with van der Waals surface area (Å²) >= 11 is 0. The summed E-state index contributed by atoms with van der Waals surface area (Å²) in [5.74, 6) is 1.23. The maximum absolute atomic E-state index is 14.2. The maximum atomic E-state index is 14.2. The van der Waals surface area contributed by atoms with Gasteiger partial charge >= 0.3 is 0 Å². The first-order chi connectivity index (χ1) is 22.5. The van der Waals surface area contributed by atoms with Gasteiger partial charge in [0.05, 0.1) is 17.7 Å². The highest BCUT2D eigenvalue weighted by molar-refractivity contribution is 5.97. The van der Waals surface area contributed by atoms with Gasteiger partial charge in [0.25, 0.3) is 11.8 Å². The van der Waals surface area contributed by atoms with Crippen LogP contribution in [-0.4, -0.2) is 70.9 Å². The summed E-state index contributed by atoms with van der Waals surface area (Å²) in [6.45, 7) is 3.95. The molecular weight excluding hydrogens is 576 g/mol. The highest BCUT2D eigenvalue weighted by Gasteiger charge is 2.37. The number of para-hydroxylation sites is 1. The number of nitrogens with zero attached hydrogens (tertiary/aromatic N) is 6. The molecule has 2 aliphatic heterocycles. The molecule has 2 amide bonds. The van der Waals surface area contributed by atoms with E-state index in [1.54, 1.807) is 24.5 Å². The number of aromatic nitrogens is 2. The summed E-state index contributed by atoms with van der Waals surface area (Å²) in [5, 5.41) is 9.33. The predicted molar refractivity (Wildman–Crippen MR) is 175 cm³/mol. The second-order valence-electron chi connectivity index (χ2n) is 12.1. The molecule has 4 heterocycles. The zero-order valence-electron chi connectivity index (χ0n) is 25.9. The van der Waals surface area contributed by atoms with Crippen molar-refractivity contribution in [1.82, 2.24) is 19.8 Å². The van der Waals surface area contributed by atoms with Crippen LogP contribution < -0.4 is 9.64 Å². The van der Waals surface area contributed by atoms with Crippen LogP contribution in [0.2, 0.25) is 0 Å². The molecule has 1 saturated heterocycles. The van der Waals surface area contributed by atoms with E-state index in [-0.39, 0.29) is 17.2 Å². The van der Waals surface area contributed by atoms with Crippen LogP contribution in [0.4, 0.5) is 5.82 Å². The molecule has 0 bridgehead atoms.